The van der Waals surface area contributed by atoms with Gasteiger partial charge < -0.3 is 20.5 Å². The predicted octanol–water partition coefficient (Wildman–Crippen LogP) is 4.74. The molecule has 3 atom stereocenters. The van der Waals surface area contributed by atoms with Crippen LogP contribution in [0.25, 0.3) is 0 Å². The van der Waals surface area contributed by atoms with Crippen LogP contribution in [0.5, 0.6) is 0 Å². The topological polar surface area (TPSA) is 105 Å². The lowest BCUT2D eigenvalue weighted by Gasteiger charge is -2.25. The smallest absolute Gasteiger partial charge is 0.408 e. The number of carbonyl (C=O) groups excluding carboxylic acids is 2. The van der Waals surface area contributed by atoms with Crippen molar-refractivity contribution in [3.05, 3.63) is 71.8 Å². The lowest BCUT2D eigenvalue weighted by Crippen LogP contribution is -2.52. The van der Waals surface area contributed by atoms with E-state index in [-0.39, 0.29) is 5.92 Å². The maximum Gasteiger partial charge on any atom is 0.408 e. The molecule has 2 aromatic rings. The third kappa shape index (κ3) is 11.1. The minimum Gasteiger partial charge on any atom is -0.480 e. The van der Waals surface area contributed by atoms with E-state index in [2.05, 4.69) is 10.6 Å². The molecule has 0 bridgehead atoms. The van der Waals surface area contributed by atoms with E-state index in [1.165, 1.54) is 5.56 Å². The summed E-state index contributed by atoms with van der Waals surface area (Å²) in [6.45, 7) is 7.20. The van der Waals surface area contributed by atoms with E-state index in [9.17, 15) is 19.5 Å². The number of ether oxygens (including phenoxy) is 1. The lowest BCUT2D eigenvalue weighted by atomic mass is 9.94. The van der Waals surface area contributed by atoms with Gasteiger partial charge in [0.05, 0.1) is 0 Å². The van der Waals surface area contributed by atoms with Crippen molar-refractivity contribution in [3.8, 4) is 0 Å². The molecule has 2 aromatic carbocycles. The Balaban J connectivity index is 2.02. The van der Waals surface area contributed by atoms with Crippen LogP contribution in [0.3, 0.4) is 0 Å². The van der Waals surface area contributed by atoms with Gasteiger partial charge in [-0.1, -0.05) is 67.6 Å². The van der Waals surface area contributed by atoms with Crippen molar-refractivity contribution in [3.63, 3.8) is 0 Å². The van der Waals surface area contributed by atoms with E-state index in [0.717, 1.165) is 18.4 Å². The zero-order valence-electron chi connectivity index (χ0n) is 21.1. The molecule has 3 N–H and O–H groups in total. The number of aliphatic carboxylic acids is 1. The first kappa shape index (κ1) is 27.9. The maximum atomic E-state index is 13.1. The number of hydrogen-bond donors (Lipinski definition) is 3. The van der Waals surface area contributed by atoms with Crippen molar-refractivity contribution in [2.75, 3.05) is 0 Å². The van der Waals surface area contributed by atoms with E-state index in [4.69, 9.17) is 4.74 Å². The van der Waals surface area contributed by atoms with Gasteiger partial charge in [0, 0.05) is 0 Å². The molecule has 0 fully saturated rings. The van der Waals surface area contributed by atoms with Crippen LogP contribution in [0.2, 0.25) is 0 Å². The molecule has 190 valence electrons. The standard InChI is InChI=1S/C28H38N2O5/c1-20(15-16-21-11-7-5-8-12-21)19-24(26(32)33)29-25(31)23(30-27(34)35-28(2,3)4)18-17-22-13-9-6-10-14-22/h5-14,20,23-24H,15-19H2,1-4H3,(H,29,31)(H,30,34)(H,32,33)/t20?,23-,24?/m0/s1. The first-order valence-corrected chi connectivity index (χ1v) is 12.1. The summed E-state index contributed by atoms with van der Waals surface area (Å²) in [4.78, 5) is 37.4. The summed E-state index contributed by atoms with van der Waals surface area (Å²) in [6.07, 6.45) is 2.07. The number of aryl methyl sites for hydroxylation is 2. The van der Waals surface area contributed by atoms with Gasteiger partial charge in [-0.3, -0.25) is 4.79 Å². The fraction of sp³-hybridized carbons (Fsp3) is 0.464. The van der Waals surface area contributed by atoms with Crippen LogP contribution in [0.15, 0.2) is 60.7 Å². The number of carboxylic acid groups (broad SMARTS) is 1. The molecule has 0 heterocycles. The molecule has 0 aliphatic heterocycles. The summed E-state index contributed by atoms with van der Waals surface area (Å²) in [6, 6.07) is 17.6. The number of alkyl carbamates (subject to hydrolysis) is 1. The largest absolute Gasteiger partial charge is 0.480 e. The van der Waals surface area contributed by atoms with Crippen molar-refractivity contribution in [2.24, 2.45) is 5.92 Å². The Hall–Kier alpha value is -3.35. The highest BCUT2D eigenvalue weighted by atomic mass is 16.6. The van der Waals surface area contributed by atoms with Crippen molar-refractivity contribution >= 4 is 18.0 Å². The van der Waals surface area contributed by atoms with Gasteiger partial charge in [-0.15, -0.1) is 0 Å². The highest BCUT2D eigenvalue weighted by Gasteiger charge is 2.29. The molecule has 0 saturated carbocycles. The zero-order chi connectivity index (χ0) is 25.8. The molecule has 0 aliphatic carbocycles. The molecule has 2 rings (SSSR count). The van der Waals surface area contributed by atoms with Gasteiger partial charge in [0.25, 0.3) is 0 Å². The molecular formula is C28H38N2O5. The molecular weight excluding hydrogens is 444 g/mol. The van der Waals surface area contributed by atoms with E-state index in [0.29, 0.717) is 19.3 Å². The Bertz CT molecular complexity index is 941. The van der Waals surface area contributed by atoms with Gasteiger partial charge >= 0.3 is 12.1 Å². The lowest BCUT2D eigenvalue weighted by molar-refractivity contribution is -0.142. The monoisotopic (exact) mass is 482 g/mol. The zero-order valence-corrected chi connectivity index (χ0v) is 21.1. The Morgan fingerprint density at radius 3 is 1.83 bits per heavy atom. The Labute approximate surface area is 208 Å². The number of hydrogen-bond acceptors (Lipinski definition) is 4. The fourth-order valence-electron chi connectivity index (χ4n) is 3.75. The van der Waals surface area contributed by atoms with Crippen LogP contribution in [0, 0.1) is 5.92 Å². The molecule has 2 amide bonds. The highest BCUT2D eigenvalue weighted by Crippen LogP contribution is 2.16. The first-order chi connectivity index (χ1) is 16.5. The van der Waals surface area contributed by atoms with Crippen LogP contribution >= 0.6 is 0 Å². The number of carbonyl (C=O) groups is 3. The SMILES string of the molecule is CC(CCc1ccccc1)CC(NC(=O)[C@H](CCc1ccccc1)NC(=O)OC(C)(C)C)C(=O)O. The summed E-state index contributed by atoms with van der Waals surface area (Å²) >= 11 is 0. The van der Waals surface area contributed by atoms with Crippen LogP contribution in [0.4, 0.5) is 4.79 Å². The van der Waals surface area contributed by atoms with Gasteiger partial charge in [0.15, 0.2) is 0 Å². The maximum absolute atomic E-state index is 13.1. The molecule has 35 heavy (non-hydrogen) atoms. The van der Waals surface area contributed by atoms with Crippen LogP contribution in [-0.2, 0) is 27.2 Å². The predicted molar refractivity (Wildman–Crippen MR) is 136 cm³/mol. The van der Waals surface area contributed by atoms with Crippen molar-refractivity contribution < 1.29 is 24.2 Å². The molecule has 2 unspecified atom stereocenters. The van der Waals surface area contributed by atoms with Crippen LogP contribution < -0.4 is 10.6 Å². The second-order valence-electron chi connectivity index (χ2n) is 9.99. The molecule has 7 heteroatoms. The number of benzene rings is 2. The van der Waals surface area contributed by atoms with E-state index in [1.54, 1.807) is 20.8 Å². The number of carboxylic acids is 1. The average Bonchev–Trinajstić information content (AvgIpc) is 2.80. The normalized spacial score (nSPS) is 13.8. The summed E-state index contributed by atoms with van der Waals surface area (Å²) in [7, 11) is 0. The van der Waals surface area contributed by atoms with Crippen molar-refractivity contribution in [1.29, 1.82) is 0 Å². The quantitative estimate of drug-likeness (QED) is 0.405. The minimum absolute atomic E-state index is 0.0817. The average molecular weight is 483 g/mol. The number of nitrogens with one attached hydrogen (secondary N) is 2. The third-order valence-corrected chi connectivity index (χ3v) is 5.59. The van der Waals surface area contributed by atoms with E-state index >= 15 is 0 Å². The molecule has 0 radical (unpaired) electrons. The Kier molecular flexibility index (Phi) is 10.8. The molecule has 7 nitrogen and oxygen atoms in total. The van der Waals surface area contributed by atoms with Crippen molar-refractivity contribution in [2.45, 2.75) is 77.5 Å². The third-order valence-electron chi connectivity index (χ3n) is 5.59. The van der Waals surface area contributed by atoms with Gasteiger partial charge in [-0.05, 0) is 69.9 Å². The van der Waals surface area contributed by atoms with Gasteiger partial charge in [0.2, 0.25) is 5.91 Å². The summed E-state index contributed by atoms with van der Waals surface area (Å²) in [5, 5.41) is 15.0. The Morgan fingerprint density at radius 2 is 1.34 bits per heavy atom. The van der Waals surface area contributed by atoms with Gasteiger partial charge in [-0.2, -0.15) is 0 Å². The second-order valence-corrected chi connectivity index (χ2v) is 9.99. The van der Waals surface area contributed by atoms with Gasteiger partial charge in [0.1, 0.15) is 17.7 Å². The number of amides is 2. The summed E-state index contributed by atoms with van der Waals surface area (Å²) in [5.74, 6) is -1.54. The second kappa shape index (κ2) is 13.5. The van der Waals surface area contributed by atoms with Gasteiger partial charge in [-0.25, -0.2) is 9.59 Å². The summed E-state index contributed by atoms with van der Waals surface area (Å²) in [5.41, 5.74) is 1.49. The highest BCUT2D eigenvalue weighted by molar-refractivity contribution is 5.89. The summed E-state index contributed by atoms with van der Waals surface area (Å²) < 4.78 is 5.32. The Morgan fingerprint density at radius 1 is 0.829 bits per heavy atom. The fourth-order valence-corrected chi connectivity index (χ4v) is 3.75. The first-order valence-electron chi connectivity index (χ1n) is 12.1. The van der Waals surface area contributed by atoms with Crippen LogP contribution in [-0.4, -0.2) is 40.8 Å². The minimum atomic E-state index is -1.09. The van der Waals surface area contributed by atoms with E-state index in [1.807, 2.05) is 67.6 Å². The molecule has 0 aromatic heterocycles. The van der Waals surface area contributed by atoms with Crippen LogP contribution in [0.1, 0.15) is 58.1 Å². The van der Waals surface area contributed by atoms with E-state index < -0.39 is 35.7 Å². The number of rotatable bonds is 12. The molecule has 0 saturated heterocycles. The molecule has 0 aliphatic rings. The van der Waals surface area contributed by atoms with Crippen molar-refractivity contribution in [1.82, 2.24) is 10.6 Å². The molecule has 0 spiro atoms.